The van der Waals surface area contributed by atoms with Gasteiger partial charge in [-0.3, -0.25) is 0 Å². The standard InChI is InChI=1S/C23H35/c1-4-19(5-1)23(20-6-2-7-20)9-3-8-21(23)22-13-16-10-17(14-22)12-18(11-16)15-22/h16-19,21H,1-15H2. The molecule has 2 atom stereocenters. The molecular formula is C23H35. The highest BCUT2D eigenvalue weighted by Crippen LogP contribution is 2.73. The Morgan fingerprint density at radius 3 is 1.83 bits per heavy atom. The molecule has 4 bridgehead atoms. The lowest BCUT2D eigenvalue weighted by Crippen LogP contribution is -2.56. The van der Waals surface area contributed by atoms with Crippen LogP contribution in [0.15, 0.2) is 0 Å². The summed E-state index contributed by atoms with van der Waals surface area (Å²) >= 11 is 0. The van der Waals surface area contributed by atoms with E-state index >= 15 is 0 Å². The van der Waals surface area contributed by atoms with Gasteiger partial charge < -0.3 is 0 Å². The van der Waals surface area contributed by atoms with E-state index < -0.39 is 0 Å². The van der Waals surface area contributed by atoms with Gasteiger partial charge in [0, 0.05) is 0 Å². The Bertz CT molecular complexity index is 431. The molecule has 7 rings (SSSR count). The van der Waals surface area contributed by atoms with E-state index in [2.05, 4.69) is 5.92 Å². The molecule has 0 aromatic heterocycles. The summed E-state index contributed by atoms with van der Waals surface area (Å²) in [4.78, 5) is 0. The Morgan fingerprint density at radius 1 is 0.696 bits per heavy atom. The molecule has 2 unspecified atom stereocenters. The zero-order valence-corrected chi connectivity index (χ0v) is 15.0. The van der Waals surface area contributed by atoms with Crippen LogP contribution in [0.3, 0.4) is 0 Å². The molecule has 0 aromatic rings. The highest BCUT2D eigenvalue weighted by molar-refractivity contribution is 5.23. The first-order chi connectivity index (χ1) is 11.3. The largest absolute Gasteiger partial charge is 0.0527 e. The average Bonchev–Trinajstić information content (AvgIpc) is 2.78. The molecule has 0 nitrogen and oxygen atoms in total. The van der Waals surface area contributed by atoms with E-state index in [0.717, 1.165) is 40.4 Å². The fourth-order valence-electron chi connectivity index (χ4n) is 9.43. The molecule has 1 radical (unpaired) electrons. The smallest absolute Gasteiger partial charge is 0.0173 e. The Balaban J connectivity index is 1.40. The molecule has 7 fully saturated rings. The summed E-state index contributed by atoms with van der Waals surface area (Å²) in [5.74, 6) is 7.79. The normalized spacial score (nSPS) is 51.7. The van der Waals surface area contributed by atoms with Crippen molar-refractivity contribution < 1.29 is 0 Å². The predicted molar refractivity (Wildman–Crippen MR) is 94.8 cm³/mol. The third-order valence-corrected chi connectivity index (χ3v) is 9.98. The Morgan fingerprint density at radius 2 is 1.35 bits per heavy atom. The average molecular weight is 312 g/mol. The van der Waals surface area contributed by atoms with Crippen LogP contribution < -0.4 is 0 Å². The van der Waals surface area contributed by atoms with E-state index in [4.69, 9.17) is 0 Å². The summed E-state index contributed by atoms with van der Waals surface area (Å²) in [6.45, 7) is 0. The van der Waals surface area contributed by atoms with Crippen molar-refractivity contribution in [3.8, 4) is 0 Å². The molecule has 0 N–H and O–H groups in total. The fourth-order valence-corrected chi connectivity index (χ4v) is 9.43. The van der Waals surface area contributed by atoms with Crippen molar-refractivity contribution in [2.45, 2.75) is 96.3 Å². The highest BCUT2D eigenvalue weighted by atomic mass is 14.7. The SMILES string of the molecule is C1C[C](C2(C3CCC3)CCCC2C23CC4CC(CC(C4)C2)C3)C1. The molecule has 0 heteroatoms. The molecule has 0 aromatic carbocycles. The Kier molecular flexibility index (Phi) is 2.96. The predicted octanol–water partition coefficient (Wildman–Crippen LogP) is 6.55. The first-order valence-corrected chi connectivity index (χ1v) is 11.1. The molecule has 0 heterocycles. The number of hydrogen-bond donors (Lipinski definition) is 0. The van der Waals surface area contributed by atoms with Gasteiger partial charge in [-0.25, -0.2) is 0 Å². The summed E-state index contributed by atoms with van der Waals surface area (Å²) in [7, 11) is 0. The lowest BCUT2D eigenvalue weighted by atomic mass is 9.39. The quantitative estimate of drug-likeness (QED) is 0.554. The van der Waals surface area contributed by atoms with Gasteiger partial charge in [-0.05, 0) is 123 Å². The second kappa shape index (κ2) is 4.79. The molecular weight excluding hydrogens is 276 g/mol. The summed E-state index contributed by atoms with van der Waals surface area (Å²) in [6, 6.07) is 0. The summed E-state index contributed by atoms with van der Waals surface area (Å²) < 4.78 is 0. The van der Waals surface area contributed by atoms with Gasteiger partial charge in [0.15, 0.2) is 0 Å². The fraction of sp³-hybridized carbons (Fsp3) is 0.957. The monoisotopic (exact) mass is 311 g/mol. The Hall–Kier alpha value is 0. The van der Waals surface area contributed by atoms with Gasteiger partial charge in [0.1, 0.15) is 0 Å². The van der Waals surface area contributed by atoms with Crippen LogP contribution in [0.2, 0.25) is 0 Å². The minimum absolute atomic E-state index is 0.766. The zero-order valence-electron chi connectivity index (χ0n) is 15.0. The lowest BCUT2D eigenvalue weighted by molar-refractivity contribution is -0.133. The van der Waals surface area contributed by atoms with Crippen molar-refractivity contribution in [2.24, 2.45) is 40.4 Å². The molecule has 23 heavy (non-hydrogen) atoms. The van der Waals surface area contributed by atoms with Crippen LogP contribution in [0.25, 0.3) is 0 Å². The Labute approximate surface area is 143 Å². The van der Waals surface area contributed by atoms with Crippen molar-refractivity contribution in [3.63, 3.8) is 0 Å². The van der Waals surface area contributed by atoms with Crippen molar-refractivity contribution >= 4 is 0 Å². The molecule has 7 saturated carbocycles. The minimum Gasteiger partial charge on any atom is -0.0527 e. The molecule has 0 amide bonds. The van der Waals surface area contributed by atoms with Gasteiger partial charge in [-0.15, -0.1) is 0 Å². The summed E-state index contributed by atoms with van der Waals surface area (Å²) in [5.41, 5.74) is 1.59. The van der Waals surface area contributed by atoms with Crippen LogP contribution in [0.5, 0.6) is 0 Å². The van der Waals surface area contributed by atoms with Crippen LogP contribution in [0.1, 0.15) is 96.3 Å². The minimum atomic E-state index is 0.766. The van der Waals surface area contributed by atoms with Gasteiger partial charge in [0.2, 0.25) is 0 Å². The van der Waals surface area contributed by atoms with E-state index in [-0.39, 0.29) is 0 Å². The van der Waals surface area contributed by atoms with Gasteiger partial charge >= 0.3 is 0 Å². The van der Waals surface area contributed by atoms with E-state index in [1.807, 2.05) is 0 Å². The second-order valence-electron chi connectivity index (χ2n) is 10.9. The molecule has 127 valence electrons. The molecule has 7 aliphatic rings. The first-order valence-electron chi connectivity index (χ1n) is 11.1. The van der Waals surface area contributed by atoms with Gasteiger partial charge in [0.05, 0.1) is 0 Å². The number of hydrogen-bond acceptors (Lipinski definition) is 0. The van der Waals surface area contributed by atoms with E-state index in [1.54, 1.807) is 77.0 Å². The van der Waals surface area contributed by atoms with Crippen molar-refractivity contribution in [2.75, 3.05) is 0 Å². The maximum Gasteiger partial charge on any atom is -0.0173 e. The van der Waals surface area contributed by atoms with Gasteiger partial charge in [-0.1, -0.05) is 19.3 Å². The zero-order chi connectivity index (χ0) is 15.1. The van der Waals surface area contributed by atoms with Crippen LogP contribution in [-0.4, -0.2) is 0 Å². The van der Waals surface area contributed by atoms with E-state index in [0.29, 0.717) is 0 Å². The van der Waals surface area contributed by atoms with Crippen molar-refractivity contribution in [3.05, 3.63) is 5.92 Å². The van der Waals surface area contributed by atoms with Gasteiger partial charge in [0.25, 0.3) is 0 Å². The topological polar surface area (TPSA) is 0 Å². The molecule has 0 spiro atoms. The highest BCUT2D eigenvalue weighted by Gasteiger charge is 2.64. The third kappa shape index (κ3) is 1.80. The first kappa shape index (κ1) is 14.2. The van der Waals surface area contributed by atoms with Crippen LogP contribution in [0, 0.1) is 46.3 Å². The van der Waals surface area contributed by atoms with Crippen LogP contribution in [-0.2, 0) is 0 Å². The molecule has 0 aliphatic heterocycles. The second-order valence-corrected chi connectivity index (χ2v) is 10.9. The number of rotatable bonds is 3. The van der Waals surface area contributed by atoms with Crippen LogP contribution >= 0.6 is 0 Å². The van der Waals surface area contributed by atoms with Crippen molar-refractivity contribution in [1.82, 2.24) is 0 Å². The van der Waals surface area contributed by atoms with E-state index in [1.165, 1.54) is 19.3 Å². The lowest BCUT2D eigenvalue weighted by Gasteiger charge is -2.65. The summed E-state index contributed by atoms with van der Waals surface area (Å²) in [6.07, 6.45) is 24.0. The molecule has 0 saturated heterocycles. The van der Waals surface area contributed by atoms with Gasteiger partial charge in [-0.2, -0.15) is 0 Å². The maximum atomic E-state index is 2.10. The summed E-state index contributed by atoms with van der Waals surface area (Å²) in [5, 5.41) is 0. The van der Waals surface area contributed by atoms with Crippen LogP contribution in [0.4, 0.5) is 0 Å². The maximum absolute atomic E-state index is 2.10. The molecule has 7 aliphatic carbocycles. The van der Waals surface area contributed by atoms with Crippen molar-refractivity contribution in [1.29, 1.82) is 0 Å². The van der Waals surface area contributed by atoms with E-state index in [9.17, 15) is 0 Å². The third-order valence-electron chi connectivity index (χ3n) is 9.98.